The van der Waals surface area contributed by atoms with Gasteiger partial charge in [0, 0.05) is 28.7 Å². The van der Waals surface area contributed by atoms with Gasteiger partial charge in [-0.05, 0) is 48.5 Å². The van der Waals surface area contributed by atoms with Crippen LogP contribution in [0.3, 0.4) is 0 Å². The highest BCUT2D eigenvalue weighted by atomic mass is 19.1. The molecule has 3 aliphatic carbocycles. The minimum atomic E-state index is -0.911. The second-order valence-corrected chi connectivity index (χ2v) is 15.0. The van der Waals surface area contributed by atoms with Gasteiger partial charge in [-0.15, -0.1) is 11.7 Å². The third-order valence-electron chi connectivity index (χ3n) is 12.5. The Labute approximate surface area is 284 Å². The highest BCUT2D eigenvalue weighted by Crippen LogP contribution is 2.68. The van der Waals surface area contributed by atoms with Gasteiger partial charge < -0.3 is 20.1 Å². The van der Waals surface area contributed by atoms with E-state index >= 15 is 0 Å². The lowest BCUT2D eigenvalue weighted by atomic mass is 9.44. The van der Waals surface area contributed by atoms with Gasteiger partial charge in [0.25, 0.3) is 0 Å². The molecule has 3 aliphatic rings. The SMILES string of the molecule is C=C[C@]1(C)C[C@@H](OC(=O)Cn2cc(-c3ccc(Cn4cnc5c(N)nc(F)nc54)cc3)nn2)[C@]2(C)[C@H](C)CC[C@]3(CCC(=O)[C@H]32)[C@@H](C)[C@@H]1O. The van der Waals surface area contributed by atoms with E-state index in [1.54, 1.807) is 23.2 Å². The number of carbonyl (C=O) groups is 2. The molecule has 0 saturated heterocycles. The summed E-state index contributed by atoms with van der Waals surface area (Å²) >= 11 is 0. The van der Waals surface area contributed by atoms with E-state index in [0.717, 1.165) is 30.4 Å². The smallest absolute Gasteiger partial charge is 0.328 e. The quantitative estimate of drug-likeness (QED) is 0.159. The van der Waals surface area contributed by atoms with E-state index in [-0.39, 0.29) is 41.3 Å². The molecule has 0 amide bonds. The van der Waals surface area contributed by atoms with Gasteiger partial charge in [-0.1, -0.05) is 63.2 Å². The van der Waals surface area contributed by atoms with Crippen molar-refractivity contribution in [2.24, 2.45) is 34.0 Å². The molecule has 0 radical (unpaired) electrons. The van der Waals surface area contributed by atoms with Gasteiger partial charge in [-0.3, -0.25) is 9.59 Å². The Morgan fingerprint density at radius 1 is 1.20 bits per heavy atom. The summed E-state index contributed by atoms with van der Waals surface area (Å²) in [5, 5.41) is 20.2. The molecule has 0 unspecified atom stereocenters. The van der Waals surface area contributed by atoms with E-state index in [2.05, 4.69) is 52.6 Å². The van der Waals surface area contributed by atoms with Gasteiger partial charge in [-0.25, -0.2) is 9.67 Å². The van der Waals surface area contributed by atoms with E-state index in [1.165, 1.54) is 4.68 Å². The number of ether oxygens (including phenoxy) is 1. The van der Waals surface area contributed by atoms with E-state index < -0.39 is 35.1 Å². The molecule has 13 heteroatoms. The topological polar surface area (TPSA) is 164 Å². The maximum absolute atomic E-state index is 13.8. The summed E-state index contributed by atoms with van der Waals surface area (Å²) in [4.78, 5) is 38.9. The number of nitrogens with two attached hydrogens (primary N) is 1. The summed E-state index contributed by atoms with van der Waals surface area (Å²) in [6.07, 6.45) is 6.18. The number of Topliss-reactive ketones (excluding diaryl/α,β-unsaturated/α-hetero) is 1. The number of nitrogen functional groups attached to an aromatic ring is 1. The highest BCUT2D eigenvalue weighted by Gasteiger charge is 2.68. The third kappa shape index (κ3) is 5.24. The van der Waals surface area contributed by atoms with Gasteiger partial charge in [0.05, 0.1) is 25.2 Å². The summed E-state index contributed by atoms with van der Waals surface area (Å²) in [6, 6.07) is 7.59. The van der Waals surface area contributed by atoms with Crippen molar-refractivity contribution in [1.29, 1.82) is 0 Å². The Balaban J connectivity index is 1.09. The Morgan fingerprint density at radius 3 is 2.69 bits per heavy atom. The molecule has 258 valence electrons. The maximum Gasteiger partial charge on any atom is 0.328 e. The first kappa shape index (κ1) is 33.0. The number of hydrogen-bond donors (Lipinski definition) is 2. The zero-order chi connectivity index (χ0) is 34.9. The monoisotopic (exact) mass is 670 g/mol. The number of aliphatic hydroxyl groups excluding tert-OH is 1. The fraction of sp³-hybridized carbons (Fsp3) is 0.528. The number of esters is 1. The largest absolute Gasteiger partial charge is 0.460 e. The molecule has 12 nitrogen and oxygen atoms in total. The number of anilines is 1. The number of hydrogen-bond acceptors (Lipinski definition) is 10. The molecule has 0 spiro atoms. The van der Waals surface area contributed by atoms with Gasteiger partial charge in [0.2, 0.25) is 0 Å². The number of fused-ring (bicyclic) bond motifs is 1. The molecule has 8 atom stereocenters. The number of aliphatic hydroxyl groups is 1. The number of halogens is 1. The normalized spacial score (nSPS) is 32.8. The van der Waals surface area contributed by atoms with Crippen LogP contribution in [0.15, 0.2) is 49.4 Å². The van der Waals surface area contributed by atoms with Crippen LogP contribution < -0.4 is 5.73 Å². The second-order valence-electron chi connectivity index (χ2n) is 15.0. The number of aromatic nitrogens is 7. The number of rotatable bonds is 7. The third-order valence-corrected chi connectivity index (χ3v) is 12.5. The summed E-state index contributed by atoms with van der Waals surface area (Å²) < 4.78 is 23.3. The van der Waals surface area contributed by atoms with Crippen molar-refractivity contribution in [2.45, 2.75) is 85.1 Å². The van der Waals surface area contributed by atoms with Crippen LogP contribution in [0.2, 0.25) is 0 Å². The first-order valence-corrected chi connectivity index (χ1v) is 17.0. The van der Waals surface area contributed by atoms with Crippen molar-refractivity contribution >= 4 is 28.7 Å². The molecule has 0 aliphatic heterocycles. The van der Waals surface area contributed by atoms with Crippen molar-refractivity contribution in [3.8, 4) is 11.3 Å². The van der Waals surface area contributed by atoms with Crippen LogP contribution >= 0.6 is 0 Å². The van der Waals surface area contributed by atoms with E-state index in [4.69, 9.17) is 10.5 Å². The molecule has 2 bridgehead atoms. The van der Waals surface area contributed by atoms with Crippen molar-refractivity contribution < 1.29 is 23.8 Å². The molecule has 1 aromatic carbocycles. The molecule has 3 heterocycles. The molecule has 3 saturated carbocycles. The number of carbonyl (C=O) groups excluding carboxylic acids is 2. The first-order chi connectivity index (χ1) is 23.3. The van der Waals surface area contributed by atoms with Gasteiger partial charge in [0.1, 0.15) is 29.6 Å². The van der Waals surface area contributed by atoms with Gasteiger partial charge >= 0.3 is 12.0 Å². The van der Waals surface area contributed by atoms with E-state index in [9.17, 15) is 19.1 Å². The summed E-state index contributed by atoms with van der Waals surface area (Å²) in [6.45, 7) is 12.7. The maximum atomic E-state index is 13.8. The van der Waals surface area contributed by atoms with Crippen LogP contribution in [-0.2, 0) is 27.4 Å². The zero-order valence-electron chi connectivity index (χ0n) is 28.3. The van der Waals surface area contributed by atoms with Crippen LogP contribution in [0.25, 0.3) is 22.4 Å². The number of nitrogens with zero attached hydrogens (tertiary/aromatic N) is 7. The lowest BCUT2D eigenvalue weighted by Gasteiger charge is -2.61. The molecule has 7 rings (SSSR count). The van der Waals surface area contributed by atoms with Crippen molar-refractivity contribution in [3.63, 3.8) is 0 Å². The fourth-order valence-corrected chi connectivity index (χ4v) is 9.37. The van der Waals surface area contributed by atoms with Crippen LogP contribution in [0, 0.1) is 40.1 Å². The number of benzene rings is 1. The van der Waals surface area contributed by atoms with E-state index in [0.29, 0.717) is 36.2 Å². The van der Waals surface area contributed by atoms with Crippen LogP contribution in [-0.4, -0.2) is 63.6 Å². The Hall–Kier alpha value is -4.52. The minimum absolute atomic E-state index is 0.0133. The lowest BCUT2D eigenvalue weighted by molar-refractivity contribution is -0.207. The molecule has 3 aromatic heterocycles. The fourth-order valence-electron chi connectivity index (χ4n) is 9.37. The predicted octanol–water partition coefficient (Wildman–Crippen LogP) is 4.76. The minimum Gasteiger partial charge on any atom is -0.460 e. The molecule has 4 aromatic rings. The summed E-state index contributed by atoms with van der Waals surface area (Å²) in [7, 11) is 0. The summed E-state index contributed by atoms with van der Waals surface area (Å²) in [5.41, 5.74) is 7.08. The van der Waals surface area contributed by atoms with Gasteiger partial charge in [0.15, 0.2) is 11.5 Å². The molecule has 49 heavy (non-hydrogen) atoms. The van der Waals surface area contributed by atoms with E-state index in [1.807, 2.05) is 31.2 Å². The zero-order valence-corrected chi connectivity index (χ0v) is 28.3. The van der Waals surface area contributed by atoms with Crippen molar-refractivity contribution in [3.05, 3.63) is 61.1 Å². The molecule has 3 N–H and O–H groups in total. The van der Waals surface area contributed by atoms with Crippen LogP contribution in [0.5, 0.6) is 0 Å². The van der Waals surface area contributed by atoms with Crippen molar-refractivity contribution in [1.82, 2.24) is 34.5 Å². The Bertz CT molecular complexity index is 1940. The highest BCUT2D eigenvalue weighted by molar-refractivity contribution is 5.86. The number of ketones is 1. The second kappa shape index (κ2) is 11.8. The van der Waals surface area contributed by atoms with Crippen LogP contribution in [0.1, 0.15) is 65.4 Å². The van der Waals surface area contributed by atoms with Crippen LogP contribution in [0.4, 0.5) is 10.2 Å². The molecular formula is C36H43FN8O4. The average molecular weight is 671 g/mol. The Morgan fingerprint density at radius 2 is 1.96 bits per heavy atom. The summed E-state index contributed by atoms with van der Waals surface area (Å²) in [5.74, 6) is -0.517. The first-order valence-electron chi connectivity index (χ1n) is 17.0. The predicted molar refractivity (Wildman–Crippen MR) is 179 cm³/mol. The lowest BCUT2D eigenvalue weighted by Crippen LogP contribution is -2.63. The number of imidazole rings is 1. The molecule has 3 fully saturated rings. The van der Waals surface area contributed by atoms with Crippen molar-refractivity contribution in [2.75, 3.05) is 5.73 Å². The Kier molecular flexibility index (Phi) is 7.96. The average Bonchev–Trinajstić information content (AvgIpc) is 3.80. The van der Waals surface area contributed by atoms with Gasteiger partial charge in [-0.2, -0.15) is 14.4 Å². The molecular weight excluding hydrogens is 627 g/mol. The standard InChI is InChI=1S/C36H43FN8O4/c1-6-34(4)15-26(35(5)20(2)11-13-36(21(3)30(34)48)14-12-25(46)29(35)36)49-27(47)18-45-17-24(42-43-45)23-9-7-22(8-10-23)16-44-19-39-28-31(38)40-33(37)41-32(28)44/h6-10,17,19-21,26,29-30,48H,1,11-16,18H2,2-5H3,(H2,38,40,41)/t20-,21+,26-,29+,30+,34-,35+,36+/m1/s1.